The largest absolute Gasteiger partial charge is 0.480 e. The molecule has 1 amide bonds. The highest BCUT2D eigenvalue weighted by Gasteiger charge is 2.29. The van der Waals surface area contributed by atoms with E-state index in [0.717, 1.165) is 41.4 Å². The fourth-order valence-electron chi connectivity index (χ4n) is 5.40. The molecule has 2 aliphatic rings. The van der Waals surface area contributed by atoms with E-state index in [1.165, 1.54) is 23.3 Å². The number of carboxylic acids is 1. The number of nitrogens with one attached hydrogen (secondary N) is 1. The van der Waals surface area contributed by atoms with E-state index in [9.17, 15) is 19.1 Å². The second-order valence-corrected chi connectivity index (χ2v) is 8.82. The van der Waals surface area contributed by atoms with Crippen LogP contribution in [0.4, 0.5) is 4.39 Å². The van der Waals surface area contributed by atoms with Crippen molar-refractivity contribution in [1.82, 2.24) is 9.88 Å². The maximum Gasteiger partial charge on any atom is 0.323 e. The number of hydrogen-bond acceptors (Lipinski definition) is 2. The Morgan fingerprint density at radius 3 is 2.55 bits per heavy atom. The molecule has 2 N–H and O–H groups in total. The summed E-state index contributed by atoms with van der Waals surface area (Å²) in [6, 6.07) is 12.9. The zero-order chi connectivity index (χ0) is 21.5. The van der Waals surface area contributed by atoms with E-state index in [1.54, 1.807) is 10.6 Å². The van der Waals surface area contributed by atoms with Gasteiger partial charge in [0.2, 0.25) is 5.91 Å². The lowest BCUT2D eigenvalue weighted by molar-refractivity contribution is -0.137. The summed E-state index contributed by atoms with van der Waals surface area (Å²) in [5.41, 5.74) is 5.33. The molecular formula is C25H25FN2O3. The van der Waals surface area contributed by atoms with Gasteiger partial charge in [0, 0.05) is 29.1 Å². The van der Waals surface area contributed by atoms with Crippen molar-refractivity contribution in [3.8, 4) is 0 Å². The molecule has 0 fully saturated rings. The van der Waals surface area contributed by atoms with Gasteiger partial charge < -0.3 is 15.0 Å². The normalized spacial score (nSPS) is 18.0. The minimum Gasteiger partial charge on any atom is -0.480 e. The number of carbonyl (C=O) groups is 2. The molecule has 0 aliphatic heterocycles. The first-order valence-electron chi connectivity index (χ1n) is 10.9. The summed E-state index contributed by atoms with van der Waals surface area (Å²) in [6.45, 7) is -0.142. The van der Waals surface area contributed by atoms with Gasteiger partial charge in [0.05, 0.1) is 0 Å². The Labute approximate surface area is 179 Å². The average molecular weight is 420 g/mol. The highest BCUT2D eigenvalue weighted by Crippen LogP contribution is 2.33. The number of fused-ring (bicyclic) bond motifs is 4. The van der Waals surface area contributed by atoms with Crippen LogP contribution in [0.1, 0.15) is 35.2 Å². The van der Waals surface area contributed by atoms with Crippen molar-refractivity contribution in [2.45, 2.75) is 51.1 Å². The molecule has 0 bridgehead atoms. The second-order valence-electron chi connectivity index (χ2n) is 8.82. The van der Waals surface area contributed by atoms with Gasteiger partial charge in [-0.2, -0.15) is 0 Å². The van der Waals surface area contributed by atoms with Crippen molar-refractivity contribution in [2.75, 3.05) is 0 Å². The summed E-state index contributed by atoms with van der Waals surface area (Å²) in [6.07, 6.45) is 4.41. The summed E-state index contributed by atoms with van der Waals surface area (Å²) < 4.78 is 15.7. The molecular weight excluding hydrogens is 395 g/mol. The SMILES string of the molecule is O=C(O)Cn1c2c(c3cc(F)ccc31)CC(NC(=O)CC1Cc3ccccc3C1)CC2. The highest BCUT2D eigenvalue weighted by atomic mass is 19.1. The molecule has 0 saturated heterocycles. The van der Waals surface area contributed by atoms with Crippen LogP contribution in [0.25, 0.3) is 10.9 Å². The Balaban J connectivity index is 1.30. The van der Waals surface area contributed by atoms with Gasteiger partial charge in [0.1, 0.15) is 12.4 Å². The van der Waals surface area contributed by atoms with Crippen LogP contribution in [0.2, 0.25) is 0 Å². The van der Waals surface area contributed by atoms with Crippen LogP contribution in [0, 0.1) is 11.7 Å². The molecule has 5 rings (SSSR count). The summed E-state index contributed by atoms with van der Waals surface area (Å²) in [7, 11) is 0. The van der Waals surface area contributed by atoms with E-state index in [0.29, 0.717) is 25.2 Å². The zero-order valence-electron chi connectivity index (χ0n) is 17.2. The van der Waals surface area contributed by atoms with Gasteiger partial charge >= 0.3 is 5.97 Å². The summed E-state index contributed by atoms with van der Waals surface area (Å²) in [5, 5.41) is 13.3. The van der Waals surface area contributed by atoms with E-state index in [4.69, 9.17) is 0 Å². The first-order chi connectivity index (χ1) is 15.0. The van der Waals surface area contributed by atoms with Crippen LogP contribution in [0.15, 0.2) is 42.5 Å². The molecule has 5 nitrogen and oxygen atoms in total. The van der Waals surface area contributed by atoms with Gasteiger partial charge in [0.25, 0.3) is 0 Å². The van der Waals surface area contributed by atoms with E-state index in [-0.39, 0.29) is 24.3 Å². The number of nitrogens with zero attached hydrogens (tertiary/aromatic N) is 1. The number of aromatic nitrogens is 1. The van der Waals surface area contributed by atoms with Gasteiger partial charge in [-0.15, -0.1) is 0 Å². The molecule has 1 unspecified atom stereocenters. The maximum atomic E-state index is 13.9. The molecule has 160 valence electrons. The summed E-state index contributed by atoms with van der Waals surface area (Å²) in [5.74, 6) is -0.860. The first-order valence-corrected chi connectivity index (χ1v) is 10.9. The molecule has 3 aromatic rings. The Hall–Kier alpha value is -3.15. The number of aliphatic carboxylic acids is 1. The maximum absolute atomic E-state index is 13.9. The Morgan fingerprint density at radius 2 is 1.84 bits per heavy atom. The summed E-state index contributed by atoms with van der Waals surface area (Å²) in [4.78, 5) is 24.1. The fraction of sp³-hybridized carbons (Fsp3) is 0.360. The van der Waals surface area contributed by atoms with Gasteiger partial charge in [-0.3, -0.25) is 9.59 Å². The van der Waals surface area contributed by atoms with Crippen LogP contribution in [0.5, 0.6) is 0 Å². The van der Waals surface area contributed by atoms with Crippen LogP contribution < -0.4 is 5.32 Å². The smallest absolute Gasteiger partial charge is 0.323 e. The van der Waals surface area contributed by atoms with E-state index >= 15 is 0 Å². The quantitative estimate of drug-likeness (QED) is 0.662. The molecule has 2 aromatic carbocycles. The van der Waals surface area contributed by atoms with Crippen LogP contribution in [-0.2, 0) is 41.8 Å². The molecule has 0 radical (unpaired) electrons. The third-order valence-electron chi connectivity index (χ3n) is 6.70. The van der Waals surface area contributed by atoms with Crippen LogP contribution >= 0.6 is 0 Å². The molecule has 0 saturated carbocycles. The minimum absolute atomic E-state index is 0.0177. The van der Waals surface area contributed by atoms with Crippen molar-refractivity contribution >= 4 is 22.8 Å². The molecule has 1 atom stereocenters. The lowest BCUT2D eigenvalue weighted by Crippen LogP contribution is -2.39. The van der Waals surface area contributed by atoms with Crippen molar-refractivity contribution in [1.29, 1.82) is 0 Å². The Morgan fingerprint density at radius 1 is 1.10 bits per heavy atom. The van der Waals surface area contributed by atoms with Crippen molar-refractivity contribution in [3.05, 3.63) is 70.7 Å². The van der Waals surface area contributed by atoms with Gasteiger partial charge in [0.15, 0.2) is 0 Å². The topological polar surface area (TPSA) is 71.3 Å². The number of amides is 1. The van der Waals surface area contributed by atoms with E-state index in [1.807, 2.05) is 12.1 Å². The lowest BCUT2D eigenvalue weighted by atomic mass is 9.91. The number of hydrogen-bond donors (Lipinski definition) is 2. The molecule has 0 spiro atoms. The second kappa shape index (κ2) is 7.84. The monoisotopic (exact) mass is 420 g/mol. The fourth-order valence-corrected chi connectivity index (χ4v) is 5.40. The summed E-state index contributed by atoms with van der Waals surface area (Å²) >= 11 is 0. The number of carboxylic acid groups (broad SMARTS) is 1. The third kappa shape index (κ3) is 3.82. The predicted molar refractivity (Wildman–Crippen MR) is 115 cm³/mol. The molecule has 31 heavy (non-hydrogen) atoms. The Bertz CT molecular complexity index is 1160. The number of halogens is 1. The number of carbonyl (C=O) groups excluding carboxylic acids is 1. The highest BCUT2D eigenvalue weighted by molar-refractivity contribution is 5.87. The molecule has 1 aromatic heterocycles. The number of benzene rings is 2. The van der Waals surface area contributed by atoms with E-state index < -0.39 is 5.97 Å². The lowest BCUT2D eigenvalue weighted by Gasteiger charge is -2.25. The van der Waals surface area contributed by atoms with Gasteiger partial charge in [-0.05, 0) is 72.9 Å². The van der Waals surface area contributed by atoms with Crippen LogP contribution in [0.3, 0.4) is 0 Å². The van der Waals surface area contributed by atoms with Crippen molar-refractivity contribution in [2.24, 2.45) is 5.92 Å². The van der Waals surface area contributed by atoms with Gasteiger partial charge in [-0.25, -0.2) is 4.39 Å². The standard InChI is InChI=1S/C25H25FN2O3/c26-18-5-7-22-20(12-18)21-13-19(6-8-23(21)28(22)14-25(30)31)27-24(29)11-15-9-16-3-1-2-4-17(16)10-15/h1-5,7,12,15,19H,6,8-11,13-14H2,(H,27,29)(H,30,31). The predicted octanol–water partition coefficient (Wildman–Crippen LogP) is 3.64. The average Bonchev–Trinajstić information content (AvgIpc) is 3.26. The zero-order valence-corrected chi connectivity index (χ0v) is 17.2. The number of rotatable bonds is 5. The van der Waals surface area contributed by atoms with E-state index in [2.05, 4.69) is 17.4 Å². The first kappa shape index (κ1) is 19.8. The minimum atomic E-state index is -0.919. The van der Waals surface area contributed by atoms with Crippen LogP contribution in [-0.4, -0.2) is 27.6 Å². The van der Waals surface area contributed by atoms with Gasteiger partial charge in [-0.1, -0.05) is 24.3 Å². The molecule has 1 heterocycles. The van der Waals surface area contributed by atoms with Crippen molar-refractivity contribution < 1.29 is 19.1 Å². The Kier molecular flexibility index (Phi) is 5.00. The molecule has 6 heteroatoms. The third-order valence-corrected chi connectivity index (χ3v) is 6.70. The van der Waals surface area contributed by atoms with Crippen molar-refractivity contribution in [3.63, 3.8) is 0 Å². The molecule has 2 aliphatic carbocycles.